The summed E-state index contributed by atoms with van der Waals surface area (Å²) >= 11 is 0. The van der Waals surface area contributed by atoms with Gasteiger partial charge >= 0.3 is 0 Å². The van der Waals surface area contributed by atoms with Crippen LogP contribution in [0.2, 0.25) is 0 Å². The monoisotopic (exact) mass is 313 g/mol. The lowest BCUT2D eigenvalue weighted by Crippen LogP contribution is -2.69. The molecule has 1 heterocycles. The standard InChI is InChI=1S/C16H27NO3S/c1-12(2)15-16(8-4-3-5-9-16)11-17(15)14(18)10-21(19,20)13-6-7-13/h12-13,15H,3-11H2,1-2H3. The molecule has 2 saturated carbocycles. The fraction of sp³-hybridized carbons (Fsp3) is 0.938. The van der Waals surface area contributed by atoms with Gasteiger partial charge in [0.1, 0.15) is 5.75 Å². The second kappa shape index (κ2) is 5.25. The first-order chi connectivity index (χ1) is 9.86. The number of hydrogen-bond acceptors (Lipinski definition) is 3. The van der Waals surface area contributed by atoms with Crippen LogP contribution in [0.25, 0.3) is 0 Å². The van der Waals surface area contributed by atoms with Crippen LogP contribution in [0, 0.1) is 11.3 Å². The van der Waals surface area contributed by atoms with Gasteiger partial charge in [0.05, 0.1) is 5.25 Å². The average molecular weight is 313 g/mol. The highest BCUT2D eigenvalue weighted by atomic mass is 32.2. The van der Waals surface area contributed by atoms with E-state index in [0.717, 1.165) is 19.4 Å². The number of amides is 1. The van der Waals surface area contributed by atoms with Crippen molar-refractivity contribution in [1.29, 1.82) is 0 Å². The minimum atomic E-state index is -3.19. The van der Waals surface area contributed by atoms with E-state index in [2.05, 4.69) is 13.8 Å². The Morgan fingerprint density at radius 3 is 2.33 bits per heavy atom. The molecule has 0 N–H and O–H groups in total. The Morgan fingerprint density at radius 1 is 1.19 bits per heavy atom. The maximum atomic E-state index is 12.5. The zero-order chi connectivity index (χ0) is 15.3. The van der Waals surface area contributed by atoms with Crippen LogP contribution in [0.4, 0.5) is 0 Å². The van der Waals surface area contributed by atoms with Gasteiger partial charge < -0.3 is 4.90 Å². The number of likely N-dealkylation sites (tertiary alicyclic amines) is 1. The summed E-state index contributed by atoms with van der Waals surface area (Å²) in [7, 11) is -3.19. The molecule has 0 radical (unpaired) electrons. The van der Waals surface area contributed by atoms with Crippen LogP contribution in [0.1, 0.15) is 58.8 Å². The Balaban J connectivity index is 1.69. The van der Waals surface area contributed by atoms with Crippen LogP contribution in [-0.4, -0.2) is 42.8 Å². The number of nitrogens with zero attached hydrogens (tertiary/aromatic N) is 1. The Morgan fingerprint density at radius 2 is 1.81 bits per heavy atom. The molecule has 1 saturated heterocycles. The Hall–Kier alpha value is -0.580. The Bertz CT molecular complexity index is 516. The molecule has 1 aliphatic heterocycles. The van der Waals surface area contributed by atoms with E-state index in [1.807, 2.05) is 4.90 Å². The zero-order valence-electron chi connectivity index (χ0n) is 13.2. The van der Waals surface area contributed by atoms with E-state index < -0.39 is 9.84 Å². The summed E-state index contributed by atoms with van der Waals surface area (Å²) in [5, 5.41) is -0.233. The molecule has 1 unspecified atom stereocenters. The lowest BCUT2D eigenvalue weighted by Gasteiger charge is -2.61. The maximum Gasteiger partial charge on any atom is 0.238 e. The van der Waals surface area contributed by atoms with Crippen LogP contribution < -0.4 is 0 Å². The van der Waals surface area contributed by atoms with Crippen LogP contribution >= 0.6 is 0 Å². The van der Waals surface area contributed by atoms with Gasteiger partial charge in [0.25, 0.3) is 0 Å². The molecule has 0 aromatic rings. The maximum absolute atomic E-state index is 12.5. The molecule has 3 rings (SSSR count). The van der Waals surface area contributed by atoms with Crippen LogP contribution in [0.3, 0.4) is 0 Å². The van der Waals surface area contributed by atoms with Gasteiger partial charge in [-0.25, -0.2) is 8.42 Å². The second-order valence-electron chi connectivity index (χ2n) is 7.64. The van der Waals surface area contributed by atoms with Gasteiger partial charge in [0, 0.05) is 18.0 Å². The summed E-state index contributed by atoms with van der Waals surface area (Å²) in [6.07, 6.45) is 7.71. The molecule has 0 aromatic heterocycles. The van der Waals surface area contributed by atoms with Crippen molar-refractivity contribution in [2.24, 2.45) is 11.3 Å². The molecule has 120 valence electrons. The van der Waals surface area contributed by atoms with E-state index in [0.29, 0.717) is 5.92 Å². The van der Waals surface area contributed by atoms with Crippen LogP contribution in [0.15, 0.2) is 0 Å². The van der Waals surface area contributed by atoms with Gasteiger partial charge in [0.2, 0.25) is 5.91 Å². The third kappa shape index (κ3) is 2.73. The van der Waals surface area contributed by atoms with Crippen molar-refractivity contribution in [3.63, 3.8) is 0 Å². The van der Waals surface area contributed by atoms with Crippen molar-refractivity contribution in [3.8, 4) is 0 Å². The molecule has 2 aliphatic carbocycles. The smallest absolute Gasteiger partial charge is 0.238 e. The summed E-state index contributed by atoms with van der Waals surface area (Å²) in [5.74, 6) is -0.0158. The third-order valence-electron chi connectivity index (χ3n) is 5.61. The molecular weight excluding hydrogens is 286 g/mol. The van der Waals surface area contributed by atoms with Gasteiger partial charge in [-0.1, -0.05) is 33.1 Å². The predicted octanol–water partition coefficient (Wildman–Crippen LogP) is 2.38. The molecule has 0 bridgehead atoms. The van der Waals surface area contributed by atoms with E-state index in [4.69, 9.17) is 0 Å². The molecule has 3 aliphatic rings. The van der Waals surface area contributed by atoms with Gasteiger partial charge in [0.15, 0.2) is 9.84 Å². The predicted molar refractivity (Wildman–Crippen MR) is 82.7 cm³/mol. The highest BCUT2D eigenvalue weighted by Gasteiger charge is 2.55. The normalized spacial score (nSPS) is 28.7. The highest BCUT2D eigenvalue weighted by Crippen LogP contribution is 2.51. The van der Waals surface area contributed by atoms with E-state index in [1.54, 1.807) is 0 Å². The summed E-state index contributed by atoms with van der Waals surface area (Å²) in [6.45, 7) is 5.11. The van der Waals surface area contributed by atoms with Gasteiger partial charge in [-0.05, 0) is 31.6 Å². The first kappa shape index (κ1) is 15.3. The van der Waals surface area contributed by atoms with Crippen molar-refractivity contribution < 1.29 is 13.2 Å². The minimum absolute atomic E-state index is 0.156. The Kier molecular flexibility index (Phi) is 3.83. The number of rotatable bonds is 4. The van der Waals surface area contributed by atoms with Crippen molar-refractivity contribution in [1.82, 2.24) is 4.90 Å². The van der Waals surface area contributed by atoms with Gasteiger partial charge in [-0.15, -0.1) is 0 Å². The molecule has 3 fully saturated rings. The molecule has 21 heavy (non-hydrogen) atoms. The average Bonchev–Trinajstić information content (AvgIpc) is 3.20. The third-order valence-corrected chi connectivity index (χ3v) is 7.74. The van der Waals surface area contributed by atoms with E-state index in [9.17, 15) is 13.2 Å². The van der Waals surface area contributed by atoms with Crippen molar-refractivity contribution in [2.45, 2.75) is 70.1 Å². The van der Waals surface area contributed by atoms with Gasteiger partial charge in [-0.3, -0.25) is 4.79 Å². The van der Waals surface area contributed by atoms with E-state index in [1.165, 1.54) is 32.1 Å². The molecule has 1 spiro atoms. The summed E-state index contributed by atoms with van der Waals surface area (Å²) in [5.41, 5.74) is 0.283. The SMILES string of the molecule is CC(C)C1N(C(=O)CS(=O)(=O)C2CC2)CC12CCCCC2. The molecule has 1 amide bonds. The number of carbonyl (C=O) groups excluding carboxylic acids is 1. The van der Waals surface area contributed by atoms with E-state index >= 15 is 0 Å². The molecule has 0 aromatic carbocycles. The number of carbonyl (C=O) groups is 1. The quantitative estimate of drug-likeness (QED) is 0.801. The van der Waals surface area contributed by atoms with Crippen LogP contribution in [0.5, 0.6) is 0 Å². The lowest BCUT2D eigenvalue weighted by atomic mass is 9.60. The highest BCUT2D eigenvalue weighted by molar-refractivity contribution is 7.93. The summed E-state index contributed by atoms with van der Waals surface area (Å²) < 4.78 is 24.1. The van der Waals surface area contributed by atoms with Gasteiger partial charge in [-0.2, -0.15) is 0 Å². The largest absolute Gasteiger partial charge is 0.337 e. The van der Waals surface area contributed by atoms with Crippen molar-refractivity contribution in [2.75, 3.05) is 12.3 Å². The number of sulfone groups is 1. The fourth-order valence-electron chi connectivity index (χ4n) is 4.57. The van der Waals surface area contributed by atoms with E-state index in [-0.39, 0.29) is 28.4 Å². The van der Waals surface area contributed by atoms with Crippen molar-refractivity contribution in [3.05, 3.63) is 0 Å². The summed E-state index contributed by atoms with van der Waals surface area (Å²) in [6, 6.07) is 0.250. The Labute approximate surface area is 128 Å². The second-order valence-corrected chi connectivity index (χ2v) is 9.92. The first-order valence-electron chi connectivity index (χ1n) is 8.37. The molecular formula is C16H27NO3S. The minimum Gasteiger partial charge on any atom is -0.337 e. The lowest BCUT2D eigenvalue weighted by molar-refractivity contribution is -0.162. The fourth-order valence-corrected chi connectivity index (χ4v) is 6.17. The topological polar surface area (TPSA) is 54.5 Å². The molecule has 5 heteroatoms. The molecule has 4 nitrogen and oxygen atoms in total. The number of hydrogen-bond donors (Lipinski definition) is 0. The first-order valence-corrected chi connectivity index (χ1v) is 10.1. The molecule has 1 atom stereocenters. The zero-order valence-corrected chi connectivity index (χ0v) is 14.0. The van der Waals surface area contributed by atoms with Crippen LogP contribution in [-0.2, 0) is 14.6 Å². The van der Waals surface area contributed by atoms with Crippen molar-refractivity contribution >= 4 is 15.7 Å². The summed E-state index contributed by atoms with van der Waals surface area (Å²) in [4.78, 5) is 14.3.